The van der Waals surface area contributed by atoms with Gasteiger partial charge in [-0.3, -0.25) is 15.5 Å². The van der Waals surface area contributed by atoms with Gasteiger partial charge in [0.15, 0.2) is 0 Å². The van der Waals surface area contributed by atoms with Crippen LogP contribution in [0.3, 0.4) is 0 Å². The van der Waals surface area contributed by atoms with E-state index in [1.165, 1.54) is 6.21 Å². The molecule has 0 unspecified atom stereocenters. The Hall–Kier alpha value is -3.88. The Bertz CT molecular complexity index is 1050. The van der Waals surface area contributed by atoms with Crippen molar-refractivity contribution in [3.8, 4) is 5.75 Å². The van der Waals surface area contributed by atoms with Gasteiger partial charge in [0.2, 0.25) is 0 Å². The van der Waals surface area contributed by atoms with Crippen molar-refractivity contribution in [2.75, 3.05) is 5.43 Å². The first-order valence-electron chi connectivity index (χ1n) is 8.75. The molecule has 1 N–H and O–H groups in total. The maximum atomic E-state index is 12.8. The highest BCUT2D eigenvalue weighted by molar-refractivity contribution is 5.84. The Balaban J connectivity index is 1.75. The molecule has 0 atom stereocenters. The summed E-state index contributed by atoms with van der Waals surface area (Å²) in [4.78, 5) is 10.2. The van der Waals surface area contributed by atoms with Crippen LogP contribution in [0.2, 0.25) is 0 Å². The molecule has 3 aromatic rings. The summed E-state index contributed by atoms with van der Waals surface area (Å²) in [6, 6.07) is 18.7. The van der Waals surface area contributed by atoms with Crippen LogP contribution in [0.15, 0.2) is 77.9 Å². The second kappa shape index (κ2) is 9.08. The van der Waals surface area contributed by atoms with Crippen molar-refractivity contribution in [1.82, 2.24) is 0 Å². The van der Waals surface area contributed by atoms with Crippen LogP contribution < -0.4 is 10.2 Å². The summed E-state index contributed by atoms with van der Waals surface area (Å²) in [5, 5.41) is 15.1. The van der Waals surface area contributed by atoms with Crippen molar-refractivity contribution >= 4 is 17.6 Å². The minimum Gasteiger partial charge on any atom is -0.488 e. The maximum Gasteiger partial charge on any atom is 0.416 e. The quantitative estimate of drug-likeness (QED) is 0.308. The maximum absolute atomic E-state index is 12.8. The highest BCUT2D eigenvalue weighted by atomic mass is 19.4. The number of nitrogens with zero attached hydrogens (tertiary/aromatic N) is 2. The van der Waals surface area contributed by atoms with Gasteiger partial charge in [-0.15, -0.1) is 0 Å². The van der Waals surface area contributed by atoms with Crippen LogP contribution in [-0.2, 0) is 12.8 Å². The molecule has 0 saturated heterocycles. The number of hydrogen-bond acceptors (Lipinski definition) is 5. The third-order valence-electron chi connectivity index (χ3n) is 4.07. The lowest BCUT2D eigenvalue weighted by molar-refractivity contribution is -0.384. The Morgan fingerprint density at radius 2 is 1.73 bits per heavy atom. The van der Waals surface area contributed by atoms with E-state index in [0.717, 1.165) is 17.7 Å². The second-order valence-corrected chi connectivity index (χ2v) is 6.17. The molecular formula is C21H16F3N3O3. The van der Waals surface area contributed by atoms with E-state index in [-0.39, 0.29) is 5.69 Å². The zero-order valence-corrected chi connectivity index (χ0v) is 15.5. The van der Waals surface area contributed by atoms with Crippen molar-refractivity contribution < 1.29 is 22.8 Å². The van der Waals surface area contributed by atoms with Gasteiger partial charge in [0, 0.05) is 11.6 Å². The molecule has 154 valence electrons. The van der Waals surface area contributed by atoms with E-state index in [2.05, 4.69) is 10.5 Å². The number of alkyl halides is 3. The summed E-state index contributed by atoms with van der Waals surface area (Å²) in [5.41, 5.74) is 2.00. The topological polar surface area (TPSA) is 76.8 Å². The van der Waals surface area contributed by atoms with Crippen LogP contribution >= 0.6 is 0 Å². The summed E-state index contributed by atoms with van der Waals surface area (Å²) >= 11 is 0. The second-order valence-electron chi connectivity index (χ2n) is 6.17. The van der Waals surface area contributed by atoms with Crippen molar-refractivity contribution in [3.05, 3.63) is 99.6 Å². The minimum atomic E-state index is -4.68. The third kappa shape index (κ3) is 5.34. The number of anilines is 1. The fraction of sp³-hybridized carbons (Fsp3) is 0.0952. The van der Waals surface area contributed by atoms with Crippen molar-refractivity contribution in [3.63, 3.8) is 0 Å². The number of nitro groups is 1. The molecule has 0 bridgehead atoms. The van der Waals surface area contributed by atoms with E-state index in [0.29, 0.717) is 24.0 Å². The summed E-state index contributed by atoms with van der Waals surface area (Å²) in [6.07, 6.45) is -3.30. The van der Waals surface area contributed by atoms with E-state index in [1.807, 2.05) is 30.3 Å². The molecule has 0 aromatic heterocycles. The van der Waals surface area contributed by atoms with Crippen molar-refractivity contribution in [2.45, 2.75) is 12.8 Å². The summed E-state index contributed by atoms with van der Waals surface area (Å²) in [6.45, 7) is 0.337. The number of nitrogens with one attached hydrogen (secondary N) is 1. The van der Waals surface area contributed by atoms with E-state index in [4.69, 9.17) is 4.74 Å². The molecular weight excluding hydrogens is 399 g/mol. The number of rotatable bonds is 7. The Morgan fingerprint density at radius 3 is 2.43 bits per heavy atom. The molecule has 0 radical (unpaired) electrons. The molecule has 0 fully saturated rings. The average Bonchev–Trinajstić information content (AvgIpc) is 2.73. The standard InChI is InChI=1S/C21H16F3N3O3/c22-21(23,24)17-10-11-18(19(12-17)27(28)29)26-25-13-16-8-4-5-9-20(16)30-14-15-6-2-1-3-7-15/h1-13,26H,14H2/b25-13+. The number of nitro benzene ring substituents is 1. The molecule has 6 nitrogen and oxygen atoms in total. The first kappa shape index (κ1) is 20.8. The molecule has 0 aliphatic carbocycles. The number of halogens is 3. The van der Waals surface area contributed by atoms with Crippen LogP contribution in [-0.4, -0.2) is 11.1 Å². The van der Waals surface area contributed by atoms with Crippen LogP contribution in [0, 0.1) is 10.1 Å². The predicted molar refractivity (Wildman–Crippen MR) is 107 cm³/mol. The van der Waals surface area contributed by atoms with E-state index in [1.54, 1.807) is 24.3 Å². The van der Waals surface area contributed by atoms with Gasteiger partial charge >= 0.3 is 6.18 Å². The molecule has 3 rings (SSSR count). The first-order valence-corrected chi connectivity index (χ1v) is 8.75. The highest BCUT2D eigenvalue weighted by Crippen LogP contribution is 2.35. The van der Waals surface area contributed by atoms with Gasteiger partial charge in [-0.1, -0.05) is 42.5 Å². The Kier molecular flexibility index (Phi) is 6.31. The molecule has 0 aliphatic rings. The van der Waals surface area contributed by atoms with Gasteiger partial charge in [0.25, 0.3) is 5.69 Å². The van der Waals surface area contributed by atoms with E-state index in [9.17, 15) is 23.3 Å². The lowest BCUT2D eigenvalue weighted by Gasteiger charge is -2.10. The van der Waals surface area contributed by atoms with Crippen LogP contribution in [0.4, 0.5) is 24.5 Å². The fourth-order valence-electron chi connectivity index (χ4n) is 2.58. The van der Waals surface area contributed by atoms with E-state index >= 15 is 0 Å². The van der Waals surface area contributed by atoms with Crippen LogP contribution in [0.5, 0.6) is 5.75 Å². The molecule has 0 heterocycles. The molecule has 0 amide bonds. The SMILES string of the molecule is O=[N+]([O-])c1cc(C(F)(F)F)ccc1N/N=C/c1ccccc1OCc1ccccc1. The summed E-state index contributed by atoms with van der Waals surface area (Å²) in [5.74, 6) is 0.536. The van der Waals surface area contributed by atoms with Gasteiger partial charge in [0.05, 0.1) is 16.7 Å². The minimum absolute atomic E-state index is 0.160. The Labute approximate surface area is 169 Å². The molecule has 9 heteroatoms. The number of para-hydroxylation sites is 1. The van der Waals surface area contributed by atoms with Gasteiger partial charge in [-0.25, -0.2) is 0 Å². The zero-order valence-electron chi connectivity index (χ0n) is 15.5. The van der Waals surface area contributed by atoms with Crippen molar-refractivity contribution in [2.24, 2.45) is 5.10 Å². The number of hydrogen-bond donors (Lipinski definition) is 1. The summed E-state index contributed by atoms with van der Waals surface area (Å²) in [7, 11) is 0. The van der Waals surface area contributed by atoms with Gasteiger partial charge in [-0.05, 0) is 29.8 Å². The summed E-state index contributed by atoms with van der Waals surface area (Å²) < 4.78 is 44.2. The van der Waals surface area contributed by atoms with Gasteiger partial charge in [-0.2, -0.15) is 18.3 Å². The molecule has 3 aromatic carbocycles. The van der Waals surface area contributed by atoms with Crippen LogP contribution in [0.1, 0.15) is 16.7 Å². The molecule has 30 heavy (non-hydrogen) atoms. The third-order valence-corrected chi connectivity index (χ3v) is 4.07. The lowest BCUT2D eigenvalue weighted by atomic mass is 10.1. The van der Waals surface area contributed by atoms with Crippen molar-refractivity contribution in [1.29, 1.82) is 0 Å². The predicted octanol–water partition coefficient (Wildman–Crippen LogP) is 5.64. The highest BCUT2D eigenvalue weighted by Gasteiger charge is 2.33. The molecule has 0 spiro atoms. The molecule has 0 aliphatic heterocycles. The monoisotopic (exact) mass is 415 g/mol. The normalized spacial score (nSPS) is 11.4. The average molecular weight is 415 g/mol. The number of ether oxygens (including phenoxy) is 1. The number of benzene rings is 3. The van der Waals surface area contributed by atoms with Gasteiger partial charge < -0.3 is 4.74 Å². The first-order chi connectivity index (χ1) is 14.3. The van der Waals surface area contributed by atoms with E-state index < -0.39 is 22.4 Å². The fourth-order valence-corrected chi connectivity index (χ4v) is 2.58. The zero-order chi connectivity index (χ0) is 21.6. The van der Waals surface area contributed by atoms with Gasteiger partial charge in [0.1, 0.15) is 18.0 Å². The lowest BCUT2D eigenvalue weighted by Crippen LogP contribution is -2.06. The number of hydrazone groups is 1. The molecule has 0 saturated carbocycles. The smallest absolute Gasteiger partial charge is 0.416 e. The largest absolute Gasteiger partial charge is 0.488 e. The Morgan fingerprint density at radius 1 is 1.03 bits per heavy atom. The van der Waals surface area contributed by atoms with Crippen LogP contribution in [0.25, 0.3) is 0 Å².